The van der Waals surface area contributed by atoms with Crippen LogP contribution in [-0.4, -0.2) is 22.7 Å². The van der Waals surface area contributed by atoms with Crippen molar-refractivity contribution in [3.8, 4) is 0 Å². The number of nitrogens with zero attached hydrogens (tertiary/aromatic N) is 1. The summed E-state index contributed by atoms with van der Waals surface area (Å²) in [6.45, 7) is 3.93. The maximum atomic E-state index is 13.2. The number of hydrogen-bond donors (Lipinski definition) is 2. The van der Waals surface area contributed by atoms with Crippen molar-refractivity contribution in [2.45, 2.75) is 26.3 Å². The van der Waals surface area contributed by atoms with Crippen LogP contribution >= 0.6 is 0 Å². The number of rotatable bonds is 6. The van der Waals surface area contributed by atoms with Crippen molar-refractivity contribution >= 4 is 11.4 Å². The van der Waals surface area contributed by atoms with Crippen LogP contribution < -0.4 is 5.32 Å². The fourth-order valence-corrected chi connectivity index (χ4v) is 1.69. The number of hydrogen-bond acceptors (Lipinski definition) is 4. The van der Waals surface area contributed by atoms with Gasteiger partial charge in [-0.2, -0.15) is 0 Å². The lowest BCUT2D eigenvalue weighted by Gasteiger charge is -2.22. The third kappa shape index (κ3) is 3.96. The summed E-state index contributed by atoms with van der Waals surface area (Å²) in [4.78, 5) is 9.99. The summed E-state index contributed by atoms with van der Waals surface area (Å²) < 4.78 is 13.2. The van der Waals surface area contributed by atoms with Crippen LogP contribution in [0.4, 0.5) is 15.8 Å². The molecule has 100 valence electrons. The molecular weight excluding hydrogens is 239 g/mol. The second-order valence-electron chi connectivity index (χ2n) is 4.46. The Bertz CT molecular complexity index is 424. The highest BCUT2D eigenvalue weighted by atomic mass is 19.1. The molecule has 0 spiro atoms. The van der Waals surface area contributed by atoms with Crippen LogP contribution in [0.15, 0.2) is 18.2 Å². The average molecular weight is 256 g/mol. The molecule has 6 heteroatoms. The van der Waals surface area contributed by atoms with Gasteiger partial charge in [0.2, 0.25) is 0 Å². The Morgan fingerprint density at radius 2 is 2.11 bits per heavy atom. The number of non-ortho nitro benzene ring substituents is 1. The number of nitro benzene ring substituents is 1. The Labute approximate surface area is 105 Å². The first-order chi connectivity index (χ1) is 8.43. The molecule has 0 fully saturated rings. The van der Waals surface area contributed by atoms with Crippen molar-refractivity contribution in [3.63, 3.8) is 0 Å². The van der Waals surface area contributed by atoms with E-state index in [-0.39, 0.29) is 24.3 Å². The quantitative estimate of drug-likeness (QED) is 0.606. The summed E-state index contributed by atoms with van der Waals surface area (Å²) in [5.41, 5.74) is 0.0675. The molecule has 0 heterocycles. The van der Waals surface area contributed by atoms with Gasteiger partial charge in [0.25, 0.3) is 5.69 Å². The smallest absolute Gasteiger partial charge is 0.274 e. The number of halogens is 1. The molecule has 1 aromatic carbocycles. The van der Waals surface area contributed by atoms with E-state index in [0.717, 1.165) is 6.07 Å². The van der Waals surface area contributed by atoms with E-state index in [9.17, 15) is 14.5 Å². The van der Waals surface area contributed by atoms with Gasteiger partial charge in [0.15, 0.2) is 0 Å². The van der Waals surface area contributed by atoms with Crippen molar-refractivity contribution in [3.05, 3.63) is 34.1 Å². The highest BCUT2D eigenvalue weighted by Gasteiger charge is 2.15. The van der Waals surface area contributed by atoms with Crippen molar-refractivity contribution < 1.29 is 14.4 Å². The SMILES string of the molecule is CC(C)C(CCO)Nc1cc(F)cc([N+](=O)[O-])c1. The first-order valence-electron chi connectivity index (χ1n) is 5.76. The van der Waals surface area contributed by atoms with Crippen LogP contribution in [-0.2, 0) is 0 Å². The van der Waals surface area contributed by atoms with E-state index >= 15 is 0 Å². The van der Waals surface area contributed by atoms with Crippen LogP contribution in [0.3, 0.4) is 0 Å². The highest BCUT2D eigenvalue weighted by molar-refractivity contribution is 5.52. The van der Waals surface area contributed by atoms with Gasteiger partial charge < -0.3 is 10.4 Å². The molecule has 0 amide bonds. The monoisotopic (exact) mass is 256 g/mol. The first-order valence-corrected chi connectivity index (χ1v) is 5.76. The zero-order valence-corrected chi connectivity index (χ0v) is 10.4. The lowest BCUT2D eigenvalue weighted by Crippen LogP contribution is -2.26. The lowest BCUT2D eigenvalue weighted by atomic mass is 10.0. The number of aliphatic hydroxyl groups is 1. The van der Waals surface area contributed by atoms with Gasteiger partial charge in [0, 0.05) is 24.4 Å². The second kappa shape index (κ2) is 6.30. The standard InChI is InChI=1S/C12H17FN2O3/c1-8(2)12(3-4-16)14-10-5-9(13)6-11(7-10)15(17)18/h5-8,12,14,16H,3-4H2,1-2H3. The highest BCUT2D eigenvalue weighted by Crippen LogP contribution is 2.22. The van der Waals surface area contributed by atoms with Gasteiger partial charge in [0.05, 0.1) is 11.0 Å². The fourth-order valence-electron chi connectivity index (χ4n) is 1.69. The van der Waals surface area contributed by atoms with Crippen molar-refractivity contribution in [1.29, 1.82) is 0 Å². The minimum absolute atomic E-state index is 0.00720. The third-order valence-corrected chi connectivity index (χ3v) is 2.69. The third-order valence-electron chi connectivity index (χ3n) is 2.69. The minimum Gasteiger partial charge on any atom is -0.396 e. The summed E-state index contributed by atoms with van der Waals surface area (Å²) in [6, 6.07) is 3.31. The topological polar surface area (TPSA) is 75.4 Å². The number of aliphatic hydroxyl groups excluding tert-OH is 1. The molecule has 1 unspecified atom stereocenters. The molecule has 1 aromatic rings. The molecular formula is C12H17FN2O3. The molecule has 0 aromatic heterocycles. The summed E-state index contributed by atoms with van der Waals surface area (Å²) in [7, 11) is 0. The molecule has 0 saturated carbocycles. The van der Waals surface area contributed by atoms with E-state index in [1.807, 2.05) is 13.8 Å². The first kappa shape index (κ1) is 14.4. The van der Waals surface area contributed by atoms with Gasteiger partial charge in [0.1, 0.15) is 5.82 Å². The van der Waals surface area contributed by atoms with Gasteiger partial charge in [-0.3, -0.25) is 10.1 Å². The van der Waals surface area contributed by atoms with Gasteiger partial charge in [-0.25, -0.2) is 4.39 Å². The van der Waals surface area contributed by atoms with Crippen LogP contribution in [0.2, 0.25) is 0 Å². The van der Waals surface area contributed by atoms with E-state index < -0.39 is 10.7 Å². The molecule has 0 aliphatic carbocycles. The van der Waals surface area contributed by atoms with Gasteiger partial charge in [-0.1, -0.05) is 13.8 Å². The number of anilines is 1. The number of benzene rings is 1. The van der Waals surface area contributed by atoms with Gasteiger partial charge in [-0.15, -0.1) is 0 Å². The largest absolute Gasteiger partial charge is 0.396 e. The minimum atomic E-state index is -0.654. The van der Waals surface area contributed by atoms with Crippen molar-refractivity contribution in [1.82, 2.24) is 0 Å². The van der Waals surface area contributed by atoms with Crippen molar-refractivity contribution in [2.24, 2.45) is 5.92 Å². The maximum Gasteiger partial charge on any atom is 0.274 e. The summed E-state index contributed by atoms with van der Waals surface area (Å²) in [5, 5.41) is 22.6. The lowest BCUT2D eigenvalue weighted by molar-refractivity contribution is -0.385. The predicted octanol–water partition coefficient (Wildman–Crippen LogP) is 2.55. The number of nitrogens with one attached hydrogen (secondary N) is 1. The summed E-state index contributed by atoms with van der Waals surface area (Å²) in [5.74, 6) is -0.433. The molecule has 2 N–H and O–H groups in total. The van der Waals surface area contributed by atoms with E-state index in [1.165, 1.54) is 12.1 Å². The van der Waals surface area contributed by atoms with E-state index in [1.54, 1.807) is 0 Å². The van der Waals surface area contributed by atoms with Crippen LogP contribution in [0.5, 0.6) is 0 Å². The van der Waals surface area contributed by atoms with Crippen molar-refractivity contribution in [2.75, 3.05) is 11.9 Å². The van der Waals surface area contributed by atoms with Crippen LogP contribution in [0.1, 0.15) is 20.3 Å². The molecule has 1 atom stereocenters. The van der Waals surface area contributed by atoms with E-state index in [2.05, 4.69) is 5.32 Å². The zero-order chi connectivity index (χ0) is 13.7. The predicted molar refractivity (Wildman–Crippen MR) is 67.0 cm³/mol. The Kier molecular flexibility index (Phi) is 5.03. The molecule has 0 saturated heterocycles. The summed E-state index contributed by atoms with van der Waals surface area (Å²) >= 11 is 0. The summed E-state index contributed by atoms with van der Waals surface area (Å²) in [6.07, 6.45) is 0.502. The van der Waals surface area contributed by atoms with E-state index in [4.69, 9.17) is 5.11 Å². The van der Waals surface area contributed by atoms with Crippen LogP contribution in [0.25, 0.3) is 0 Å². The number of nitro groups is 1. The molecule has 0 aliphatic rings. The molecule has 0 radical (unpaired) electrons. The Hall–Kier alpha value is -1.69. The average Bonchev–Trinajstić information content (AvgIpc) is 2.27. The molecule has 18 heavy (non-hydrogen) atoms. The van der Waals surface area contributed by atoms with Crippen LogP contribution in [0, 0.1) is 21.8 Å². The molecule has 0 bridgehead atoms. The Balaban J connectivity index is 2.91. The zero-order valence-electron chi connectivity index (χ0n) is 10.4. The van der Waals surface area contributed by atoms with E-state index in [0.29, 0.717) is 12.1 Å². The second-order valence-corrected chi connectivity index (χ2v) is 4.46. The maximum absolute atomic E-state index is 13.2. The molecule has 5 nitrogen and oxygen atoms in total. The Morgan fingerprint density at radius 1 is 1.44 bits per heavy atom. The Morgan fingerprint density at radius 3 is 2.61 bits per heavy atom. The van der Waals surface area contributed by atoms with Gasteiger partial charge in [-0.05, 0) is 18.4 Å². The normalized spacial score (nSPS) is 12.5. The van der Waals surface area contributed by atoms with Gasteiger partial charge >= 0.3 is 0 Å². The molecule has 0 aliphatic heterocycles. The fraction of sp³-hybridized carbons (Fsp3) is 0.500. The molecule has 1 rings (SSSR count).